The standard InChI is InChI=1S/C18H14ClFN4O3S/c19-11-4-6-13(7-5-11)23-17(27)14(9-15(21)25)24(18(23)28)22-16(26)10-2-1-3-12(20)8-10/h1-8,14H,9H2,(H2,21,25)(H,22,26)/t14-/m0/s1. The van der Waals surface area contributed by atoms with Crippen LogP contribution in [0.15, 0.2) is 48.5 Å². The fraction of sp³-hybridized carbons (Fsp3) is 0.111. The van der Waals surface area contributed by atoms with Gasteiger partial charge in [0, 0.05) is 10.6 Å². The first-order valence-corrected chi connectivity index (χ1v) is 8.84. The molecule has 2 aromatic rings. The Bertz CT molecular complexity index is 970. The molecule has 0 saturated carbocycles. The van der Waals surface area contributed by atoms with Crippen LogP contribution in [0.5, 0.6) is 0 Å². The second-order valence-electron chi connectivity index (χ2n) is 5.94. The molecule has 0 aliphatic carbocycles. The lowest BCUT2D eigenvalue weighted by atomic mass is 10.2. The summed E-state index contributed by atoms with van der Waals surface area (Å²) in [5, 5.41) is 1.50. The molecule has 0 radical (unpaired) electrons. The third-order valence-electron chi connectivity index (χ3n) is 4.00. The maximum Gasteiger partial charge on any atom is 0.269 e. The monoisotopic (exact) mass is 420 g/mol. The van der Waals surface area contributed by atoms with Gasteiger partial charge in [0.05, 0.1) is 12.1 Å². The Labute approximate surface area is 169 Å². The third kappa shape index (κ3) is 3.95. The number of hydrogen-bond acceptors (Lipinski definition) is 4. The summed E-state index contributed by atoms with van der Waals surface area (Å²) in [7, 11) is 0. The number of benzene rings is 2. The van der Waals surface area contributed by atoms with Gasteiger partial charge in [0.1, 0.15) is 11.9 Å². The van der Waals surface area contributed by atoms with E-state index in [1.807, 2.05) is 0 Å². The molecule has 3 rings (SSSR count). The molecule has 3 amide bonds. The van der Waals surface area contributed by atoms with Gasteiger partial charge in [0.2, 0.25) is 11.0 Å². The van der Waals surface area contributed by atoms with Crippen molar-refractivity contribution in [2.75, 3.05) is 4.90 Å². The minimum atomic E-state index is -1.13. The van der Waals surface area contributed by atoms with Gasteiger partial charge < -0.3 is 5.73 Å². The lowest BCUT2D eigenvalue weighted by Crippen LogP contribution is -2.49. The number of halogens is 2. The highest BCUT2D eigenvalue weighted by Gasteiger charge is 2.45. The fourth-order valence-corrected chi connectivity index (χ4v) is 3.22. The van der Waals surface area contributed by atoms with Gasteiger partial charge in [-0.2, -0.15) is 0 Å². The summed E-state index contributed by atoms with van der Waals surface area (Å²) in [6.45, 7) is 0. The molecule has 0 spiro atoms. The number of carbonyl (C=O) groups excluding carboxylic acids is 3. The number of hydrogen-bond donors (Lipinski definition) is 2. The van der Waals surface area contributed by atoms with Gasteiger partial charge in [-0.15, -0.1) is 0 Å². The van der Waals surface area contributed by atoms with E-state index < -0.39 is 29.6 Å². The van der Waals surface area contributed by atoms with E-state index in [1.165, 1.54) is 23.1 Å². The number of carbonyl (C=O) groups is 3. The molecule has 1 fully saturated rings. The third-order valence-corrected chi connectivity index (χ3v) is 4.63. The lowest BCUT2D eigenvalue weighted by Gasteiger charge is -2.24. The van der Waals surface area contributed by atoms with Gasteiger partial charge in [-0.05, 0) is 54.7 Å². The average Bonchev–Trinajstić information content (AvgIpc) is 2.86. The number of amides is 3. The van der Waals surface area contributed by atoms with E-state index in [0.717, 1.165) is 11.1 Å². The molecular weight excluding hydrogens is 407 g/mol. The highest BCUT2D eigenvalue weighted by molar-refractivity contribution is 7.80. The highest BCUT2D eigenvalue weighted by atomic mass is 35.5. The van der Waals surface area contributed by atoms with E-state index >= 15 is 0 Å². The average molecular weight is 421 g/mol. The van der Waals surface area contributed by atoms with Crippen molar-refractivity contribution in [2.45, 2.75) is 12.5 Å². The molecule has 0 aromatic heterocycles. The Hall–Kier alpha value is -3.04. The Morgan fingerprint density at radius 3 is 2.50 bits per heavy atom. The van der Waals surface area contributed by atoms with Crippen LogP contribution in [-0.4, -0.2) is 33.9 Å². The van der Waals surface area contributed by atoms with E-state index in [1.54, 1.807) is 24.3 Å². The summed E-state index contributed by atoms with van der Waals surface area (Å²) < 4.78 is 13.4. The smallest absolute Gasteiger partial charge is 0.269 e. The van der Waals surface area contributed by atoms with Gasteiger partial charge in [0.25, 0.3) is 11.8 Å². The normalized spacial score (nSPS) is 16.4. The molecule has 2 aromatic carbocycles. The van der Waals surface area contributed by atoms with Crippen LogP contribution in [0.1, 0.15) is 16.8 Å². The molecule has 28 heavy (non-hydrogen) atoms. The fourth-order valence-electron chi connectivity index (χ4n) is 2.72. The van der Waals surface area contributed by atoms with Crippen LogP contribution in [0.2, 0.25) is 5.02 Å². The number of rotatable bonds is 5. The Balaban J connectivity index is 1.91. The van der Waals surface area contributed by atoms with Crippen LogP contribution in [-0.2, 0) is 9.59 Å². The van der Waals surface area contributed by atoms with Crippen LogP contribution in [0.4, 0.5) is 10.1 Å². The first-order chi connectivity index (χ1) is 13.3. The summed E-state index contributed by atoms with van der Waals surface area (Å²) in [6, 6.07) is 10.2. The molecule has 1 aliphatic heterocycles. The molecule has 144 valence electrons. The minimum Gasteiger partial charge on any atom is -0.370 e. The largest absolute Gasteiger partial charge is 0.370 e. The second kappa shape index (κ2) is 7.91. The summed E-state index contributed by atoms with van der Waals surface area (Å²) in [6.07, 6.45) is -0.369. The number of nitrogens with two attached hydrogens (primary N) is 1. The zero-order valence-electron chi connectivity index (χ0n) is 14.3. The number of nitrogens with one attached hydrogen (secondary N) is 1. The highest BCUT2D eigenvalue weighted by Crippen LogP contribution is 2.27. The van der Waals surface area contributed by atoms with Gasteiger partial charge in [0.15, 0.2) is 0 Å². The quantitative estimate of drug-likeness (QED) is 0.721. The lowest BCUT2D eigenvalue weighted by molar-refractivity contribution is -0.125. The summed E-state index contributed by atoms with van der Waals surface area (Å²) in [4.78, 5) is 38.0. The number of thiocarbonyl (C=S) groups is 1. The van der Waals surface area contributed by atoms with Crippen molar-refractivity contribution in [1.29, 1.82) is 0 Å². The second-order valence-corrected chi connectivity index (χ2v) is 6.74. The topological polar surface area (TPSA) is 95.7 Å². The predicted octanol–water partition coefficient (Wildman–Crippen LogP) is 2.00. The first kappa shape index (κ1) is 19.7. The van der Waals surface area contributed by atoms with Crippen molar-refractivity contribution >= 4 is 52.3 Å². The Morgan fingerprint density at radius 2 is 1.89 bits per heavy atom. The maximum atomic E-state index is 13.4. The van der Waals surface area contributed by atoms with E-state index in [4.69, 9.17) is 29.6 Å². The molecule has 1 aliphatic rings. The van der Waals surface area contributed by atoms with Crippen molar-refractivity contribution in [3.8, 4) is 0 Å². The van der Waals surface area contributed by atoms with Gasteiger partial charge in [-0.3, -0.25) is 24.7 Å². The summed E-state index contributed by atoms with van der Waals surface area (Å²) in [5.74, 6) is -2.57. The number of primary amides is 1. The maximum absolute atomic E-state index is 13.4. The molecule has 7 nitrogen and oxygen atoms in total. The molecule has 0 unspecified atom stereocenters. The minimum absolute atomic E-state index is 0.0259. The number of nitrogens with zero attached hydrogens (tertiary/aromatic N) is 2. The van der Waals surface area contributed by atoms with Crippen molar-refractivity contribution in [3.05, 3.63) is 64.9 Å². The zero-order valence-corrected chi connectivity index (χ0v) is 15.8. The molecule has 10 heteroatoms. The van der Waals surface area contributed by atoms with Gasteiger partial charge >= 0.3 is 0 Å². The number of anilines is 1. The van der Waals surface area contributed by atoms with Crippen LogP contribution >= 0.6 is 23.8 Å². The molecule has 1 saturated heterocycles. The zero-order chi connectivity index (χ0) is 20.4. The SMILES string of the molecule is NC(=O)C[C@H]1C(=O)N(c2ccc(Cl)cc2)C(=S)N1NC(=O)c1cccc(F)c1. The van der Waals surface area contributed by atoms with Crippen LogP contribution in [0.3, 0.4) is 0 Å². The molecule has 0 bridgehead atoms. The van der Waals surface area contributed by atoms with Crippen LogP contribution < -0.4 is 16.1 Å². The molecule has 1 atom stereocenters. The van der Waals surface area contributed by atoms with Crippen LogP contribution in [0, 0.1) is 5.82 Å². The van der Waals surface area contributed by atoms with E-state index in [-0.39, 0.29) is 17.1 Å². The molecule has 3 N–H and O–H groups in total. The predicted molar refractivity (Wildman–Crippen MR) is 105 cm³/mol. The first-order valence-electron chi connectivity index (χ1n) is 8.05. The van der Waals surface area contributed by atoms with Gasteiger partial charge in [-0.25, -0.2) is 9.40 Å². The molecule has 1 heterocycles. The number of hydrazine groups is 1. The van der Waals surface area contributed by atoms with Crippen molar-refractivity contribution in [3.63, 3.8) is 0 Å². The van der Waals surface area contributed by atoms with Gasteiger partial charge in [-0.1, -0.05) is 17.7 Å². The van der Waals surface area contributed by atoms with Crippen molar-refractivity contribution in [2.24, 2.45) is 5.73 Å². The van der Waals surface area contributed by atoms with E-state index in [0.29, 0.717) is 10.7 Å². The van der Waals surface area contributed by atoms with E-state index in [2.05, 4.69) is 5.43 Å². The van der Waals surface area contributed by atoms with Crippen LogP contribution in [0.25, 0.3) is 0 Å². The Morgan fingerprint density at radius 1 is 1.21 bits per heavy atom. The Kier molecular flexibility index (Phi) is 5.57. The molecular formula is C18H14ClFN4O3S. The summed E-state index contributed by atoms with van der Waals surface area (Å²) in [5.41, 5.74) is 8.15. The van der Waals surface area contributed by atoms with Crippen molar-refractivity contribution in [1.82, 2.24) is 10.4 Å². The van der Waals surface area contributed by atoms with Crippen molar-refractivity contribution < 1.29 is 18.8 Å². The van der Waals surface area contributed by atoms with E-state index in [9.17, 15) is 18.8 Å². The summed E-state index contributed by atoms with van der Waals surface area (Å²) >= 11 is 11.2.